The Labute approximate surface area is 163 Å². The number of nitrogens with one attached hydrogen (secondary N) is 1. The number of carbonyl (C=O) groups is 1. The van der Waals surface area contributed by atoms with Crippen LogP contribution in [0.5, 0.6) is 5.75 Å². The maximum absolute atomic E-state index is 12.1. The average Bonchev–Trinajstić information content (AvgIpc) is 3.12. The van der Waals surface area contributed by atoms with Crippen LogP contribution in [-0.2, 0) is 11.2 Å². The van der Waals surface area contributed by atoms with Gasteiger partial charge in [-0.1, -0.05) is 49.7 Å². The monoisotopic (exact) mass is 384 g/mol. The van der Waals surface area contributed by atoms with E-state index in [9.17, 15) is 9.90 Å². The van der Waals surface area contributed by atoms with Crippen LogP contribution in [0.4, 0.5) is 5.69 Å². The van der Waals surface area contributed by atoms with E-state index in [1.807, 2.05) is 12.1 Å². The van der Waals surface area contributed by atoms with Gasteiger partial charge in [-0.25, -0.2) is 4.98 Å². The molecule has 0 aliphatic carbocycles. The molecule has 0 saturated carbocycles. The van der Waals surface area contributed by atoms with Gasteiger partial charge in [-0.2, -0.15) is 0 Å². The van der Waals surface area contributed by atoms with Gasteiger partial charge in [0.05, 0.1) is 11.9 Å². The van der Waals surface area contributed by atoms with Gasteiger partial charge in [0, 0.05) is 23.4 Å². The van der Waals surface area contributed by atoms with Crippen molar-refractivity contribution in [1.82, 2.24) is 4.98 Å². The summed E-state index contributed by atoms with van der Waals surface area (Å²) in [6.07, 6.45) is 2.20. The zero-order valence-corrected chi connectivity index (χ0v) is 16.0. The fraction of sp³-hybridized carbons (Fsp3) is 0.238. The third-order valence-corrected chi connectivity index (χ3v) is 4.45. The lowest BCUT2D eigenvalue weighted by Gasteiger charge is -2.07. The maximum Gasteiger partial charge on any atom is 0.224 e. The number of halogens is 1. The Bertz CT molecular complexity index is 933. The molecule has 0 spiro atoms. The van der Waals surface area contributed by atoms with Crippen molar-refractivity contribution in [3.05, 3.63) is 65.1 Å². The Morgan fingerprint density at radius 3 is 2.67 bits per heavy atom. The van der Waals surface area contributed by atoms with Crippen LogP contribution >= 0.6 is 11.6 Å². The number of carbonyl (C=O) groups excluding carboxylic acids is 1. The standard InChI is InChI=1S/C21H21ClN2O3/c1-13(2)14-3-5-15(6-4-14)19-12-23-21(27-19)10-9-20(26)24-17-11-16(22)7-8-18(17)25/h3-8,11-13,25H,9-10H2,1-2H3,(H,24,26). The van der Waals surface area contributed by atoms with Gasteiger partial charge in [-0.15, -0.1) is 0 Å². The van der Waals surface area contributed by atoms with Crippen molar-refractivity contribution in [3.8, 4) is 17.1 Å². The number of aryl methyl sites for hydroxylation is 1. The fourth-order valence-corrected chi connectivity index (χ4v) is 2.81. The molecule has 140 valence electrons. The van der Waals surface area contributed by atoms with Crippen LogP contribution in [0.15, 0.2) is 53.1 Å². The van der Waals surface area contributed by atoms with Gasteiger partial charge in [0.2, 0.25) is 5.91 Å². The number of hydrogen-bond acceptors (Lipinski definition) is 4. The molecule has 2 aromatic carbocycles. The van der Waals surface area contributed by atoms with Crippen molar-refractivity contribution in [3.63, 3.8) is 0 Å². The number of oxazole rings is 1. The normalized spacial score (nSPS) is 11.0. The molecule has 0 fully saturated rings. The van der Waals surface area contributed by atoms with Crippen LogP contribution in [0.25, 0.3) is 11.3 Å². The summed E-state index contributed by atoms with van der Waals surface area (Å²) in [5.41, 5.74) is 2.50. The Kier molecular flexibility index (Phi) is 5.81. The zero-order valence-electron chi connectivity index (χ0n) is 15.2. The Balaban J connectivity index is 1.59. The second kappa shape index (κ2) is 8.27. The molecule has 0 bridgehead atoms. The van der Waals surface area contributed by atoms with Crippen LogP contribution in [0.1, 0.15) is 37.6 Å². The molecule has 0 unspecified atom stereocenters. The van der Waals surface area contributed by atoms with E-state index in [0.717, 1.165) is 5.56 Å². The first-order valence-corrected chi connectivity index (χ1v) is 9.13. The number of nitrogens with zero attached hydrogens (tertiary/aromatic N) is 1. The quantitative estimate of drug-likeness (QED) is 0.558. The highest BCUT2D eigenvalue weighted by Gasteiger charge is 2.11. The predicted molar refractivity (Wildman–Crippen MR) is 106 cm³/mol. The van der Waals surface area contributed by atoms with Crippen LogP contribution < -0.4 is 5.32 Å². The van der Waals surface area contributed by atoms with E-state index in [2.05, 4.69) is 36.3 Å². The number of phenols is 1. The first-order chi connectivity index (χ1) is 12.9. The summed E-state index contributed by atoms with van der Waals surface area (Å²) in [6.45, 7) is 4.30. The lowest BCUT2D eigenvalue weighted by Crippen LogP contribution is -2.12. The minimum absolute atomic E-state index is 0.0315. The van der Waals surface area contributed by atoms with Gasteiger partial charge in [0.1, 0.15) is 5.75 Å². The Morgan fingerprint density at radius 1 is 1.22 bits per heavy atom. The van der Waals surface area contributed by atoms with Crippen molar-refractivity contribution in [2.75, 3.05) is 5.32 Å². The third kappa shape index (κ3) is 4.89. The molecule has 1 heterocycles. The summed E-state index contributed by atoms with van der Waals surface area (Å²) in [5, 5.41) is 12.8. The van der Waals surface area contributed by atoms with E-state index in [1.165, 1.54) is 17.7 Å². The van der Waals surface area contributed by atoms with Gasteiger partial charge in [0.15, 0.2) is 11.7 Å². The van der Waals surface area contributed by atoms with Gasteiger partial charge in [-0.05, 0) is 29.7 Å². The Morgan fingerprint density at radius 2 is 1.96 bits per heavy atom. The molecule has 6 heteroatoms. The zero-order chi connectivity index (χ0) is 19.4. The second-order valence-electron chi connectivity index (χ2n) is 6.60. The molecule has 2 N–H and O–H groups in total. The molecule has 0 saturated heterocycles. The smallest absolute Gasteiger partial charge is 0.224 e. The highest BCUT2D eigenvalue weighted by Crippen LogP contribution is 2.27. The van der Waals surface area contributed by atoms with Gasteiger partial charge in [-0.3, -0.25) is 4.79 Å². The largest absolute Gasteiger partial charge is 0.506 e. The number of phenolic OH excluding ortho intramolecular Hbond substituents is 1. The number of hydrogen-bond donors (Lipinski definition) is 2. The summed E-state index contributed by atoms with van der Waals surface area (Å²) in [5.74, 6) is 1.35. The molecular weight excluding hydrogens is 364 g/mol. The summed E-state index contributed by atoms with van der Waals surface area (Å²) in [4.78, 5) is 16.3. The van der Waals surface area contributed by atoms with E-state index in [0.29, 0.717) is 29.0 Å². The number of anilines is 1. The first kappa shape index (κ1) is 19.0. The minimum Gasteiger partial charge on any atom is -0.506 e. The van der Waals surface area contributed by atoms with Crippen molar-refractivity contribution >= 4 is 23.2 Å². The van der Waals surface area contributed by atoms with Crippen molar-refractivity contribution < 1.29 is 14.3 Å². The Hall–Kier alpha value is -2.79. The lowest BCUT2D eigenvalue weighted by molar-refractivity contribution is -0.116. The molecule has 0 aliphatic heterocycles. The predicted octanol–water partition coefficient (Wildman–Crippen LogP) is 5.40. The summed E-state index contributed by atoms with van der Waals surface area (Å²) >= 11 is 5.87. The molecule has 3 rings (SSSR count). The summed E-state index contributed by atoms with van der Waals surface area (Å²) < 4.78 is 5.75. The van der Waals surface area contributed by atoms with E-state index >= 15 is 0 Å². The molecule has 0 aliphatic rings. The molecule has 1 amide bonds. The highest BCUT2D eigenvalue weighted by molar-refractivity contribution is 6.31. The summed E-state index contributed by atoms with van der Waals surface area (Å²) in [7, 11) is 0. The van der Waals surface area contributed by atoms with Crippen LogP contribution in [-0.4, -0.2) is 16.0 Å². The van der Waals surface area contributed by atoms with Crippen molar-refractivity contribution in [2.24, 2.45) is 0 Å². The molecule has 3 aromatic rings. The average molecular weight is 385 g/mol. The molecular formula is C21H21ClN2O3. The van der Waals surface area contributed by atoms with E-state index in [1.54, 1.807) is 12.3 Å². The highest BCUT2D eigenvalue weighted by atomic mass is 35.5. The molecule has 0 atom stereocenters. The number of aromatic hydroxyl groups is 1. The van der Waals surface area contributed by atoms with Gasteiger partial charge >= 0.3 is 0 Å². The van der Waals surface area contributed by atoms with Crippen molar-refractivity contribution in [1.29, 1.82) is 0 Å². The van der Waals surface area contributed by atoms with Gasteiger partial charge in [0.25, 0.3) is 0 Å². The number of rotatable bonds is 6. The lowest BCUT2D eigenvalue weighted by atomic mass is 10.0. The first-order valence-electron chi connectivity index (χ1n) is 8.76. The van der Waals surface area contributed by atoms with Crippen LogP contribution in [0, 0.1) is 0 Å². The van der Waals surface area contributed by atoms with E-state index in [4.69, 9.17) is 16.0 Å². The fourth-order valence-electron chi connectivity index (χ4n) is 2.63. The summed E-state index contributed by atoms with van der Waals surface area (Å²) in [6, 6.07) is 12.7. The van der Waals surface area contributed by atoms with Crippen LogP contribution in [0.3, 0.4) is 0 Å². The van der Waals surface area contributed by atoms with E-state index < -0.39 is 0 Å². The molecule has 0 radical (unpaired) electrons. The number of aromatic nitrogens is 1. The molecule has 5 nitrogen and oxygen atoms in total. The molecule has 1 aromatic heterocycles. The topological polar surface area (TPSA) is 75.4 Å². The van der Waals surface area contributed by atoms with Crippen molar-refractivity contribution in [2.45, 2.75) is 32.6 Å². The second-order valence-corrected chi connectivity index (χ2v) is 7.04. The van der Waals surface area contributed by atoms with Gasteiger partial charge < -0.3 is 14.8 Å². The number of amides is 1. The van der Waals surface area contributed by atoms with E-state index in [-0.39, 0.29) is 23.8 Å². The third-order valence-electron chi connectivity index (χ3n) is 4.21. The number of benzene rings is 2. The SMILES string of the molecule is CC(C)c1ccc(-c2cnc(CCC(=O)Nc3cc(Cl)ccc3O)o2)cc1. The maximum atomic E-state index is 12.1. The minimum atomic E-state index is -0.256. The van der Waals surface area contributed by atoms with Crippen LogP contribution in [0.2, 0.25) is 5.02 Å². The molecule has 27 heavy (non-hydrogen) atoms.